The van der Waals surface area contributed by atoms with Crippen LogP contribution in [0.4, 0.5) is 17.1 Å². The molecule has 2 fully saturated rings. The first-order valence-corrected chi connectivity index (χ1v) is 18.4. The Morgan fingerprint density at radius 1 is 0.480 bits per heavy atom. The number of benzene rings is 7. The van der Waals surface area contributed by atoms with Crippen molar-refractivity contribution < 1.29 is 0 Å². The van der Waals surface area contributed by atoms with E-state index in [1.165, 1.54) is 86.5 Å². The van der Waals surface area contributed by atoms with Crippen LogP contribution in [0.25, 0.3) is 49.4 Å². The zero-order chi connectivity index (χ0) is 32.8. The van der Waals surface area contributed by atoms with Crippen molar-refractivity contribution in [3.05, 3.63) is 169 Å². The molecule has 2 heteroatoms. The third kappa shape index (κ3) is 4.21. The molecule has 1 heterocycles. The second kappa shape index (κ2) is 11.0. The Morgan fingerprint density at radius 2 is 1.22 bits per heavy atom. The zero-order valence-electron chi connectivity index (χ0n) is 28.0. The number of rotatable bonds is 4. The van der Waals surface area contributed by atoms with Gasteiger partial charge in [-0.3, -0.25) is 0 Å². The van der Waals surface area contributed by atoms with Crippen molar-refractivity contribution in [3.8, 4) is 16.8 Å². The van der Waals surface area contributed by atoms with Crippen molar-refractivity contribution in [1.29, 1.82) is 0 Å². The second-order valence-corrected chi connectivity index (χ2v) is 15.0. The number of aromatic nitrogens is 1. The van der Waals surface area contributed by atoms with Crippen LogP contribution >= 0.6 is 0 Å². The molecule has 7 aromatic carbocycles. The molecule has 0 N–H and O–H groups in total. The topological polar surface area (TPSA) is 8.17 Å². The summed E-state index contributed by atoms with van der Waals surface area (Å²) in [6.07, 6.45) is 5.44. The fraction of sp³-hybridized carbons (Fsp3) is 0.167. The minimum absolute atomic E-state index is 0.644. The predicted octanol–water partition coefficient (Wildman–Crippen LogP) is 13.1. The van der Waals surface area contributed by atoms with Crippen LogP contribution in [-0.2, 0) is 0 Å². The van der Waals surface area contributed by atoms with Crippen molar-refractivity contribution in [1.82, 2.24) is 4.57 Å². The highest BCUT2D eigenvalue weighted by atomic mass is 15.1. The minimum atomic E-state index is 0.644. The van der Waals surface area contributed by atoms with Gasteiger partial charge in [-0.1, -0.05) is 109 Å². The average Bonchev–Trinajstić information content (AvgIpc) is 3.68. The molecule has 4 unspecified atom stereocenters. The van der Waals surface area contributed by atoms with E-state index in [1.807, 2.05) is 0 Å². The van der Waals surface area contributed by atoms with Gasteiger partial charge in [-0.15, -0.1) is 0 Å². The molecule has 3 bridgehead atoms. The smallest absolute Gasteiger partial charge is 0.0561 e. The van der Waals surface area contributed by atoms with Crippen LogP contribution in [0.1, 0.15) is 48.6 Å². The molecule has 4 atom stereocenters. The van der Waals surface area contributed by atoms with Crippen molar-refractivity contribution in [2.24, 2.45) is 11.8 Å². The van der Waals surface area contributed by atoms with Crippen LogP contribution in [0.3, 0.4) is 0 Å². The van der Waals surface area contributed by atoms with Crippen LogP contribution in [0.15, 0.2) is 158 Å². The second-order valence-electron chi connectivity index (χ2n) is 15.0. The Balaban J connectivity index is 1.18. The van der Waals surface area contributed by atoms with Crippen LogP contribution in [0.2, 0.25) is 0 Å². The van der Waals surface area contributed by atoms with Crippen molar-refractivity contribution in [3.63, 3.8) is 0 Å². The first-order chi connectivity index (χ1) is 24.8. The van der Waals surface area contributed by atoms with Crippen LogP contribution in [-0.4, -0.2) is 4.57 Å². The Morgan fingerprint density at radius 3 is 2.16 bits per heavy atom. The summed E-state index contributed by atoms with van der Waals surface area (Å²) in [4.78, 5) is 2.51. The number of para-hydroxylation sites is 2. The Bertz CT molecular complexity index is 2590. The molecule has 0 spiro atoms. The number of anilines is 3. The Kier molecular flexibility index (Phi) is 6.19. The third-order valence-corrected chi connectivity index (χ3v) is 12.3. The summed E-state index contributed by atoms with van der Waals surface area (Å²) in [6, 6.07) is 59.1. The van der Waals surface area contributed by atoms with E-state index in [2.05, 4.69) is 167 Å². The van der Waals surface area contributed by atoms with Gasteiger partial charge in [0.25, 0.3) is 0 Å². The number of hydrogen-bond donors (Lipinski definition) is 0. The summed E-state index contributed by atoms with van der Waals surface area (Å²) in [5.74, 6) is 3.01. The minimum Gasteiger partial charge on any atom is -0.310 e. The van der Waals surface area contributed by atoms with E-state index in [9.17, 15) is 0 Å². The maximum atomic E-state index is 2.53. The molecule has 8 aromatic rings. The molecule has 1 aromatic heterocycles. The summed E-state index contributed by atoms with van der Waals surface area (Å²) in [5, 5.41) is 5.04. The maximum Gasteiger partial charge on any atom is 0.0561 e. The molecular weight excluding hydrogens is 605 g/mol. The quantitative estimate of drug-likeness (QED) is 0.185. The normalized spacial score (nSPS) is 20.5. The van der Waals surface area contributed by atoms with E-state index in [-0.39, 0.29) is 0 Å². The van der Waals surface area contributed by atoms with Gasteiger partial charge in [0, 0.05) is 33.2 Å². The lowest BCUT2D eigenvalue weighted by molar-refractivity contribution is 0.311. The fourth-order valence-corrected chi connectivity index (χ4v) is 10.3. The van der Waals surface area contributed by atoms with Gasteiger partial charge >= 0.3 is 0 Å². The first kappa shape index (κ1) is 28.3. The molecule has 50 heavy (non-hydrogen) atoms. The van der Waals surface area contributed by atoms with Gasteiger partial charge in [0.05, 0.1) is 16.7 Å². The lowest BCUT2D eigenvalue weighted by atomic mass is 9.71. The summed E-state index contributed by atoms with van der Waals surface area (Å²) in [5.41, 5.74) is 13.2. The molecule has 2 saturated carbocycles. The monoisotopic (exact) mass is 642 g/mol. The highest BCUT2D eigenvalue weighted by Gasteiger charge is 2.44. The summed E-state index contributed by atoms with van der Waals surface area (Å²) in [7, 11) is 0. The molecule has 3 aliphatic rings. The van der Waals surface area contributed by atoms with Crippen LogP contribution in [0, 0.1) is 11.8 Å². The van der Waals surface area contributed by atoms with Gasteiger partial charge in [-0.05, 0) is 126 Å². The van der Waals surface area contributed by atoms with Crippen molar-refractivity contribution in [2.75, 3.05) is 4.90 Å². The maximum absolute atomic E-state index is 2.53. The third-order valence-electron chi connectivity index (χ3n) is 12.3. The lowest BCUT2D eigenvalue weighted by Crippen LogP contribution is -2.19. The fourth-order valence-electron chi connectivity index (χ4n) is 10.3. The molecule has 0 amide bonds. The van der Waals surface area contributed by atoms with Gasteiger partial charge < -0.3 is 9.47 Å². The van der Waals surface area contributed by atoms with Gasteiger partial charge in [0.1, 0.15) is 0 Å². The number of nitrogens with zero attached hydrogens (tertiary/aromatic N) is 2. The molecule has 0 radical (unpaired) electrons. The van der Waals surface area contributed by atoms with E-state index in [0.717, 1.165) is 17.5 Å². The van der Waals surface area contributed by atoms with E-state index < -0.39 is 0 Å². The Labute approximate surface area is 293 Å². The van der Waals surface area contributed by atoms with Crippen LogP contribution in [0.5, 0.6) is 0 Å². The summed E-state index contributed by atoms with van der Waals surface area (Å²) < 4.78 is 2.43. The zero-order valence-corrected chi connectivity index (χ0v) is 28.0. The van der Waals surface area contributed by atoms with Gasteiger partial charge in [0.15, 0.2) is 0 Å². The highest BCUT2D eigenvalue weighted by molar-refractivity contribution is 6.11. The Hall–Kier alpha value is -5.60. The SMILES string of the molecule is c1ccc(-n2c3ccccc3c3ccc(N(c4ccc5c(c4)-c4ccccc4C4CC6CC5CC4C6)c4cccc5ccccc45)cc32)cc1. The molecule has 240 valence electrons. The molecule has 2 nitrogen and oxygen atoms in total. The molecule has 3 aliphatic carbocycles. The molecule has 11 rings (SSSR count). The van der Waals surface area contributed by atoms with Gasteiger partial charge in [-0.2, -0.15) is 0 Å². The molecular formula is C48H38N2. The standard InChI is InChI=1S/C48H38N2/c1-2-13-35(14-3-1)50-47-19-9-8-18-42(47)43-24-22-37(30-48(43)50)49(46-20-10-12-32-11-4-5-15-39(32)46)36-21-23-38-33-25-31-26-34(28-33)44(27-31)40-16-6-7-17-41(40)45(38)29-36/h1-24,29-31,33-34,44H,25-28H2. The van der Waals surface area contributed by atoms with E-state index >= 15 is 0 Å². The van der Waals surface area contributed by atoms with Crippen molar-refractivity contribution in [2.45, 2.75) is 37.5 Å². The van der Waals surface area contributed by atoms with E-state index in [0.29, 0.717) is 11.8 Å². The number of fused-ring (bicyclic) bond motifs is 11. The van der Waals surface area contributed by atoms with Crippen LogP contribution < -0.4 is 4.90 Å². The average molecular weight is 643 g/mol. The largest absolute Gasteiger partial charge is 0.310 e. The summed E-state index contributed by atoms with van der Waals surface area (Å²) >= 11 is 0. The predicted molar refractivity (Wildman–Crippen MR) is 209 cm³/mol. The lowest BCUT2D eigenvalue weighted by Gasteiger charge is -2.35. The van der Waals surface area contributed by atoms with Gasteiger partial charge in [-0.25, -0.2) is 0 Å². The van der Waals surface area contributed by atoms with E-state index in [1.54, 1.807) is 11.1 Å². The number of hydrogen-bond acceptors (Lipinski definition) is 1. The van der Waals surface area contributed by atoms with Crippen molar-refractivity contribution >= 4 is 49.6 Å². The molecule has 0 saturated heterocycles. The molecule has 0 aliphatic heterocycles. The summed E-state index contributed by atoms with van der Waals surface area (Å²) in [6.45, 7) is 0. The highest BCUT2D eigenvalue weighted by Crippen LogP contribution is 2.59. The first-order valence-electron chi connectivity index (χ1n) is 18.4. The van der Waals surface area contributed by atoms with E-state index in [4.69, 9.17) is 0 Å². The van der Waals surface area contributed by atoms with Gasteiger partial charge in [0.2, 0.25) is 0 Å².